The van der Waals surface area contributed by atoms with E-state index in [0.29, 0.717) is 19.5 Å². The van der Waals surface area contributed by atoms with Gasteiger partial charge in [0.15, 0.2) is 0 Å². The molecule has 3 amide bonds. The van der Waals surface area contributed by atoms with E-state index in [1.807, 2.05) is 37.3 Å². The van der Waals surface area contributed by atoms with Gasteiger partial charge in [0.25, 0.3) is 0 Å². The first-order chi connectivity index (χ1) is 8.24. The average Bonchev–Trinajstić information content (AvgIpc) is 2.36. The van der Waals surface area contributed by atoms with Crippen molar-refractivity contribution in [1.82, 2.24) is 4.90 Å². The van der Waals surface area contributed by atoms with Gasteiger partial charge in [0.05, 0.1) is 0 Å². The maximum Gasteiger partial charge on any atom is 0.331 e. The van der Waals surface area contributed by atoms with Crippen molar-refractivity contribution in [2.24, 2.45) is 0 Å². The van der Waals surface area contributed by atoms with Crippen LogP contribution in [0.25, 0.3) is 0 Å². The average molecular weight is 232 g/mol. The smallest absolute Gasteiger partial charge is 0.293 e. The van der Waals surface area contributed by atoms with Crippen LogP contribution in [0.15, 0.2) is 30.3 Å². The first-order valence-corrected chi connectivity index (χ1v) is 5.91. The van der Waals surface area contributed by atoms with E-state index >= 15 is 0 Å². The Morgan fingerprint density at radius 2 is 1.88 bits per heavy atom. The minimum Gasteiger partial charge on any atom is -0.293 e. The van der Waals surface area contributed by atoms with Gasteiger partial charge >= 0.3 is 6.03 Å². The maximum absolute atomic E-state index is 12.2. The van der Waals surface area contributed by atoms with E-state index in [9.17, 15) is 9.59 Å². The summed E-state index contributed by atoms with van der Waals surface area (Å²) in [5.41, 5.74) is 0.853. The molecule has 1 fully saturated rings. The molecule has 1 aliphatic heterocycles. The summed E-state index contributed by atoms with van der Waals surface area (Å²) in [5, 5.41) is 0. The molecular formula is C13H16N2O2. The topological polar surface area (TPSA) is 40.6 Å². The third-order valence-corrected chi connectivity index (χ3v) is 2.83. The zero-order chi connectivity index (χ0) is 12.3. The van der Waals surface area contributed by atoms with Gasteiger partial charge in [-0.2, -0.15) is 0 Å². The molecule has 4 nitrogen and oxygen atoms in total. The molecule has 1 saturated heterocycles. The molecule has 90 valence electrons. The molecule has 1 heterocycles. The number of imide groups is 1. The number of hydrogen-bond acceptors (Lipinski definition) is 2. The summed E-state index contributed by atoms with van der Waals surface area (Å²) >= 11 is 0. The second-order valence-electron chi connectivity index (χ2n) is 4.07. The fourth-order valence-electron chi connectivity index (χ4n) is 1.98. The van der Waals surface area contributed by atoms with Crippen molar-refractivity contribution in [3.63, 3.8) is 0 Å². The second kappa shape index (κ2) is 4.99. The third kappa shape index (κ3) is 2.30. The summed E-state index contributed by atoms with van der Waals surface area (Å²) in [6.45, 7) is 2.94. The Kier molecular flexibility index (Phi) is 3.42. The highest BCUT2D eigenvalue weighted by molar-refractivity contribution is 6.05. The van der Waals surface area contributed by atoms with Gasteiger partial charge < -0.3 is 0 Å². The Bertz CT molecular complexity index is 417. The highest BCUT2D eigenvalue weighted by Crippen LogP contribution is 2.20. The zero-order valence-corrected chi connectivity index (χ0v) is 9.93. The summed E-state index contributed by atoms with van der Waals surface area (Å²) in [4.78, 5) is 26.8. The molecule has 0 aliphatic carbocycles. The largest absolute Gasteiger partial charge is 0.331 e. The van der Waals surface area contributed by atoms with Crippen LogP contribution in [0.2, 0.25) is 0 Å². The summed E-state index contributed by atoms with van der Waals surface area (Å²) < 4.78 is 0. The molecule has 4 heteroatoms. The molecular weight excluding hydrogens is 216 g/mol. The highest BCUT2D eigenvalue weighted by atomic mass is 16.2. The lowest BCUT2D eigenvalue weighted by Gasteiger charge is -2.34. The number of rotatable bonds is 3. The molecule has 0 spiro atoms. The van der Waals surface area contributed by atoms with Crippen molar-refractivity contribution >= 4 is 17.6 Å². The van der Waals surface area contributed by atoms with E-state index in [2.05, 4.69) is 0 Å². The quantitative estimate of drug-likeness (QED) is 0.802. The van der Waals surface area contributed by atoms with Crippen molar-refractivity contribution in [2.45, 2.75) is 19.8 Å². The van der Waals surface area contributed by atoms with E-state index < -0.39 is 0 Å². The van der Waals surface area contributed by atoms with Gasteiger partial charge in [-0.05, 0) is 18.6 Å². The minimum absolute atomic E-state index is 0.0657. The first kappa shape index (κ1) is 11.6. The van der Waals surface area contributed by atoms with Gasteiger partial charge in [-0.15, -0.1) is 0 Å². The molecule has 0 atom stereocenters. The normalized spacial score (nSPS) is 16.5. The van der Waals surface area contributed by atoms with E-state index in [1.54, 1.807) is 4.90 Å². The Morgan fingerprint density at radius 1 is 1.18 bits per heavy atom. The molecule has 0 saturated carbocycles. The fourth-order valence-corrected chi connectivity index (χ4v) is 1.98. The Morgan fingerprint density at radius 3 is 2.53 bits per heavy atom. The number of para-hydroxylation sites is 1. The Hall–Kier alpha value is -1.84. The molecule has 0 radical (unpaired) electrons. The SMILES string of the molecule is CCCN1C(=O)CCN(c2ccccc2)C1=O. The van der Waals surface area contributed by atoms with Crippen molar-refractivity contribution in [3.8, 4) is 0 Å². The molecule has 0 unspecified atom stereocenters. The van der Waals surface area contributed by atoms with Gasteiger partial charge in [0.1, 0.15) is 0 Å². The van der Waals surface area contributed by atoms with E-state index in [1.165, 1.54) is 4.90 Å². The number of carbonyl (C=O) groups excluding carboxylic acids is 2. The van der Waals surface area contributed by atoms with Gasteiger partial charge in [-0.25, -0.2) is 4.79 Å². The monoisotopic (exact) mass is 232 g/mol. The lowest BCUT2D eigenvalue weighted by atomic mass is 10.2. The summed E-state index contributed by atoms with van der Waals surface area (Å²) in [5.74, 6) is -0.0657. The van der Waals surface area contributed by atoms with Crippen LogP contribution in [-0.2, 0) is 4.79 Å². The van der Waals surface area contributed by atoms with E-state index in [4.69, 9.17) is 0 Å². The van der Waals surface area contributed by atoms with Crippen LogP contribution in [0, 0.1) is 0 Å². The van der Waals surface area contributed by atoms with Gasteiger partial charge in [-0.3, -0.25) is 14.6 Å². The van der Waals surface area contributed by atoms with Crippen LogP contribution in [0.5, 0.6) is 0 Å². The Balaban J connectivity index is 2.20. The van der Waals surface area contributed by atoms with Crippen LogP contribution in [0.3, 0.4) is 0 Å². The van der Waals surface area contributed by atoms with Crippen LogP contribution in [0.4, 0.5) is 10.5 Å². The minimum atomic E-state index is -0.200. The van der Waals surface area contributed by atoms with Crippen LogP contribution in [0.1, 0.15) is 19.8 Å². The van der Waals surface area contributed by atoms with E-state index in [0.717, 1.165) is 12.1 Å². The first-order valence-electron chi connectivity index (χ1n) is 5.91. The summed E-state index contributed by atoms with van der Waals surface area (Å²) in [6, 6.07) is 9.27. The lowest BCUT2D eigenvalue weighted by molar-refractivity contribution is -0.128. The van der Waals surface area contributed by atoms with Gasteiger partial charge in [0, 0.05) is 25.2 Å². The fraction of sp³-hybridized carbons (Fsp3) is 0.385. The molecule has 1 aromatic carbocycles. The van der Waals surface area contributed by atoms with Crippen molar-refractivity contribution < 1.29 is 9.59 Å². The summed E-state index contributed by atoms with van der Waals surface area (Å²) in [7, 11) is 0. The number of carbonyl (C=O) groups is 2. The predicted molar refractivity (Wildman–Crippen MR) is 65.8 cm³/mol. The molecule has 0 N–H and O–H groups in total. The van der Waals surface area contributed by atoms with Crippen molar-refractivity contribution in [3.05, 3.63) is 30.3 Å². The number of benzene rings is 1. The van der Waals surface area contributed by atoms with Gasteiger partial charge in [-0.1, -0.05) is 25.1 Å². The predicted octanol–water partition coefficient (Wildman–Crippen LogP) is 2.26. The number of anilines is 1. The number of nitrogens with zero attached hydrogens (tertiary/aromatic N) is 2. The van der Waals surface area contributed by atoms with Crippen molar-refractivity contribution in [1.29, 1.82) is 0 Å². The number of amides is 3. The standard InChI is InChI=1S/C13H16N2O2/c1-2-9-15-12(16)8-10-14(13(15)17)11-6-4-3-5-7-11/h3-7H,2,8-10H2,1H3. The number of urea groups is 1. The molecule has 0 bridgehead atoms. The molecule has 1 aromatic rings. The molecule has 2 rings (SSSR count). The van der Waals surface area contributed by atoms with Gasteiger partial charge in [0.2, 0.25) is 5.91 Å². The lowest BCUT2D eigenvalue weighted by Crippen LogP contribution is -2.52. The van der Waals surface area contributed by atoms with Crippen LogP contribution < -0.4 is 4.90 Å². The summed E-state index contributed by atoms with van der Waals surface area (Å²) in [6.07, 6.45) is 1.20. The van der Waals surface area contributed by atoms with Crippen LogP contribution >= 0.6 is 0 Å². The zero-order valence-electron chi connectivity index (χ0n) is 9.93. The highest BCUT2D eigenvalue weighted by Gasteiger charge is 2.31. The Labute approximate surface area is 101 Å². The van der Waals surface area contributed by atoms with Crippen molar-refractivity contribution in [2.75, 3.05) is 18.0 Å². The van der Waals surface area contributed by atoms with E-state index in [-0.39, 0.29) is 11.9 Å². The molecule has 0 aromatic heterocycles. The second-order valence-corrected chi connectivity index (χ2v) is 4.07. The number of hydrogen-bond donors (Lipinski definition) is 0. The van der Waals surface area contributed by atoms with Crippen LogP contribution in [-0.4, -0.2) is 29.9 Å². The molecule has 17 heavy (non-hydrogen) atoms. The third-order valence-electron chi connectivity index (χ3n) is 2.83. The maximum atomic E-state index is 12.2. The molecule has 1 aliphatic rings.